The molecule has 3 amide bonds. The molecule has 260 valence electrons. The fraction of sp³-hybridized carbons (Fsp3) is 0.382. The van der Waals surface area contributed by atoms with Crippen molar-refractivity contribution < 1.29 is 41.4 Å². The van der Waals surface area contributed by atoms with Crippen LogP contribution >= 0.6 is 0 Å². The predicted octanol–water partition coefficient (Wildman–Crippen LogP) is 3.64. The van der Waals surface area contributed by atoms with Crippen molar-refractivity contribution in [2.45, 2.75) is 73.2 Å². The Hall–Kier alpha value is -4.47. The quantitative estimate of drug-likeness (QED) is 0.279. The lowest BCUT2D eigenvalue weighted by atomic mass is 10.0. The Morgan fingerprint density at radius 1 is 0.878 bits per heavy atom. The van der Waals surface area contributed by atoms with E-state index in [0.29, 0.717) is 30.2 Å². The minimum Gasteiger partial charge on any atom is -0.504 e. The van der Waals surface area contributed by atoms with Gasteiger partial charge in [-0.15, -0.1) is 0 Å². The zero-order valence-electron chi connectivity index (χ0n) is 26.7. The Kier molecular flexibility index (Phi) is 9.69. The minimum absolute atomic E-state index is 0.0208. The van der Waals surface area contributed by atoms with Crippen LogP contribution in [-0.4, -0.2) is 79.1 Å². The molecule has 2 heterocycles. The predicted molar refractivity (Wildman–Crippen MR) is 179 cm³/mol. The van der Waals surface area contributed by atoms with Crippen molar-refractivity contribution in [2.24, 2.45) is 0 Å². The second-order valence-electron chi connectivity index (χ2n) is 12.5. The number of phenolic OH excluding ortho intramolecular Hbond substituents is 2. The maximum atomic E-state index is 14.4. The lowest BCUT2D eigenvalue weighted by molar-refractivity contribution is -0.127. The Balaban J connectivity index is 1.43. The molecule has 49 heavy (non-hydrogen) atoms. The normalized spacial score (nSPS) is 18.9. The van der Waals surface area contributed by atoms with E-state index in [0.717, 1.165) is 55.6 Å². The third-order valence-corrected chi connectivity index (χ3v) is 13.0. The average molecular weight is 711 g/mol. The van der Waals surface area contributed by atoms with E-state index >= 15 is 0 Å². The summed E-state index contributed by atoms with van der Waals surface area (Å²) >= 11 is 0. The smallest absolute Gasteiger partial charge is 0.269 e. The fourth-order valence-corrected chi connectivity index (χ4v) is 9.75. The highest BCUT2D eigenvalue weighted by molar-refractivity contribution is 7.90. The average Bonchev–Trinajstić information content (AvgIpc) is 3.52. The molecule has 1 saturated heterocycles. The summed E-state index contributed by atoms with van der Waals surface area (Å²) < 4.78 is 55.8. The molecule has 3 aromatic carbocycles. The van der Waals surface area contributed by atoms with Crippen LogP contribution in [0.4, 0.5) is 5.69 Å². The van der Waals surface area contributed by atoms with Gasteiger partial charge in [-0.25, -0.2) is 21.1 Å². The van der Waals surface area contributed by atoms with Gasteiger partial charge in [0.1, 0.15) is 17.5 Å². The van der Waals surface area contributed by atoms with Crippen LogP contribution in [0.15, 0.2) is 76.5 Å². The van der Waals surface area contributed by atoms with E-state index in [4.69, 9.17) is 0 Å². The summed E-state index contributed by atoms with van der Waals surface area (Å²) in [5.74, 6) is -3.55. The highest BCUT2D eigenvalue weighted by atomic mass is 32.2. The number of fused-ring (bicyclic) bond motifs is 1. The topological polar surface area (TPSA) is 182 Å². The van der Waals surface area contributed by atoms with Gasteiger partial charge in [0.25, 0.3) is 15.9 Å². The number of hydrogen-bond acceptors (Lipinski definition) is 9. The molecule has 0 unspecified atom stereocenters. The Morgan fingerprint density at radius 2 is 1.53 bits per heavy atom. The van der Waals surface area contributed by atoms with Gasteiger partial charge in [0, 0.05) is 24.8 Å². The summed E-state index contributed by atoms with van der Waals surface area (Å²) in [4.78, 5) is 42.6. The van der Waals surface area contributed by atoms with Crippen molar-refractivity contribution in [1.82, 2.24) is 13.9 Å². The molecule has 2 fully saturated rings. The maximum Gasteiger partial charge on any atom is 0.269 e. The second-order valence-corrected chi connectivity index (χ2v) is 16.3. The van der Waals surface area contributed by atoms with Crippen molar-refractivity contribution in [3.05, 3.63) is 77.9 Å². The molecule has 1 aliphatic carbocycles. The first-order chi connectivity index (χ1) is 23.4. The van der Waals surface area contributed by atoms with Crippen LogP contribution in [0.5, 0.6) is 11.5 Å². The van der Waals surface area contributed by atoms with Crippen LogP contribution in [0.1, 0.15) is 73.3 Å². The second kappa shape index (κ2) is 13.8. The van der Waals surface area contributed by atoms with E-state index in [1.165, 1.54) is 58.9 Å². The van der Waals surface area contributed by atoms with Crippen molar-refractivity contribution in [3.63, 3.8) is 0 Å². The highest BCUT2D eigenvalue weighted by Gasteiger charge is 2.44. The number of amides is 3. The summed E-state index contributed by atoms with van der Waals surface area (Å²) in [6, 6.07) is 12.8. The van der Waals surface area contributed by atoms with Gasteiger partial charge in [-0.05, 0) is 79.8 Å². The summed E-state index contributed by atoms with van der Waals surface area (Å²) in [6.45, 7) is -0.215. The van der Waals surface area contributed by atoms with Crippen molar-refractivity contribution in [3.8, 4) is 11.5 Å². The molecule has 1 saturated carbocycles. The van der Waals surface area contributed by atoms with Crippen LogP contribution in [0.3, 0.4) is 0 Å². The van der Waals surface area contributed by atoms with Gasteiger partial charge in [-0.2, -0.15) is 4.31 Å². The largest absolute Gasteiger partial charge is 0.504 e. The zero-order valence-corrected chi connectivity index (χ0v) is 28.3. The third kappa shape index (κ3) is 6.74. The molecule has 1 atom stereocenters. The van der Waals surface area contributed by atoms with Crippen molar-refractivity contribution >= 4 is 43.5 Å². The summed E-state index contributed by atoms with van der Waals surface area (Å²) in [5, 5.41) is 23.4. The molecule has 13 nitrogen and oxygen atoms in total. The molecule has 6 rings (SSSR count). The Morgan fingerprint density at radius 3 is 2.16 bits per heavy atom. The number of benzene rings is 3. The zero-order chi connectivity index (χ0) is 34.9. The number of carbonyl (C=O) groups excluding carboxylic acids is 3. The first-order valence-electron chi connectivity index (χ1n) is 16.3. The van der Waals surface area contributed by atoms with Crippen LogP contribution < -0.4 is 10.2 Å². The van der Waals surface area contributed by atoms with E-state index in [1.54, 1.807) is 0 Å². The molecule has 3 aliphatic rings. The number of nitrogens with one attached hydrogen (secondary N) is 1. The third-order valence-electron chi connectivity index (χ3n) is 9.30. The van der Waals surface area contributed by atoms with E-state index in [1.807, 2.05) is 0 Å². The Bertz CT molecular complexity index is 1970. The number of carbonyl (C=O) groups is 3. The number of anilines is 1. The lowest BCUT2D eigenvalue weighted by Gasteiger charge is -2.33. The first kappa shape index (κ1) is 34.4. The highest BCUT2D eigenvalue weighted by Crippen LogP contribution is 2.36. The number of aromatic hydroxyl groups is 2. The van der Waals surface area contributed by atoms with Gasteiger partial charge < -0.3 is 15.5 Å². The molecular weight excluding hydrogens is 673 g/mol. The summed E-state index contributed by atoms with van der Waals surface area (Å²) in [5.41, 5.74) is 0.0312. The van der Waals surface area contributed by atoms with E-state index in [-0.39, 0.29) is 32.6 Å². The van der Waals surface area contributed by atoms with Gasteiger partial charge in [0.05, 0.1) is 10.5 Å². The van der Waals surface area contributed by atoms with Gasteiger partial charge in [0.2, 0.25) is 21.8 Å². The molecular formula is C34H38N4O9S2. The molecule has 0 aromatic heterocycles. The summed E-state index contributed by atoms with van der Waals surface area (Å²) in [6.07, 6.45) is 6.52. The molecule has 2 aliphatic heterocycles. The van der Waals surface area contributed by atoms with Crippen LogP contribution in [0.2, 0.25) is 0 Å². The standard InChI is InChI=1S/C34H38N4O9S2/c39-28-18-13-23(21-29(28)40)32(33(42)35-24-9-3-4-10-24)38(31(41)22-37-34(43)27-11-5-6-12-30(27)49(37,46)47)25-14-16-26(17-15-25)48(44,45)36-19-7-1-2-8-20-36/h5-6,11-18,21,24,32,39-40H,1-4,7-10,19-20,22H2,(H,35,42)/t32-/m0/s1. The molecule has 0 radical (unpaired) electrons. The number of nitrogens with zero attached hydrogens (tertiary/aromatic N) is 3. The van der Waals surface area contributed by atoms with E-state index in [9.17, 15) is 41.4 Å². The summed E-state index contributed by atoms with van der Waals surface area (Å²) in [7, 11) is -8.29. The molecule has 0 bridgehead atoms. The van der Waals surface area contributed by atoms with Gasteiger partial charge in [-0.1, -0.05) is 43.9 Å². The Labute approximate surface area is 285 Å². The number of hydrogen-bond donors (Lipinski definition) is 3. The van der Waals surface area contributed by atoms with Crippen LogP contribution in [0, 0.1) is 0 Å². The first-order valence-corrected chi connectivity index (χ1v) is 19.2. The van der Waals surface area contributed by atoms with Crippen LogP contribution in [0.25, 0.3) is 0 Å². The van der Waals surface area contributed by atoms with Crippen molar-refractivity contribution in [2.75, 3.05) is 24.5 Å². The van der Waals surface area contributed by atoms with E-state index < -0.39 is 61.9 Å². The maximum absolute atomic E-state index is 14.4. The number of sulfonamides is 2. The minimum atomic E-state index is -4.41. The van der Waals surface area contributed by atoms with Crippen molar-refractivity contribution in [1.29, 1.82) is 0 Å². The molecule has 3 N–H and O–H groups in total. The van der Waals surface area contributed by atoms with Gasteiger partial charge in [0.15, 0.2) is 11.5 Å². The number of phenols is 2. The van der Waals surface area contributed by atoms with Gasteiger partial charge >= 0.3 is 0 Å². The lowest BCUT2D eigenvalue weighted by Crippen LogP contribution is -2.50. The molecule has 15 heteroatoms. The van der Waals surface area contributed by atoms with Crippen LogP contribution in [-0.2, 0) is 29.6 Å². The SMILES string of the molecule is O=C(NC1CCCC1)[C@H](c1ccc(O)c(O)c1)N(C(=O)CN1C(=O)c2ccccc2S1(=O)=O)c1ccc(S(=O)(=O)N2CCCCCC2)cc1. The number of rotatable bonds is 9. The fourth-order valence-electron chi connectivity index (χ4n) is 6.71. The van der Waals surface area contributed by atoms with E-state index in [2.05, 4.69) is 5.32 Å². The monoisotopic (exact) mass is 710 g/mol. The van der Waals surface area contributed by atoms with Gasteiger partial charge in [-0.3, -0.25) is 19.3 Å². The molecule has 0 spiro atoms. The molecule has 3 aromatic rings.